The molecule has 3 heteroatoms. The van der Waals surface area contributed by atoms with E-state index >= 15 is 0 Å². The first-order valence-corrected chi connectivity index (χ1v) is 7.75. The first-order chi connectivity index (χ1) is 8.87. The zero-order valence-electron chi connectivity index (χ0n) is 11.6. The number of aliphatic hydroxyl groups is 1. The summed E-state index contributed by atoms with van der Waals surface area (Å²) in [5.74, 6) is 0.392. The molecule has 1 N–H and O–H groups in total. The van der Waals surface area contributed by atoms with Gasteiger partial charge in [0.05, 0.1) is 6.10 Å². The summed E-state index contributed by atoms with van der Waals surface area (Å²) in [5.41, 5.74) is 1.38. The zero-order chi connectivity index (χ0) is 14.0. The molecule has 106 valence electrons. The van der Waals surface area contributed by atoms with Crippen LogP contribution in [0.4, 0.5) is 0 Å². The first kappa shape index (κ1) is 15.2. The van der Waals surface area contributed by atoms with Gasteiger partial charge in [-0.25, -0.2) is 0 Å². The van der Waals surface area contributed by atoms with Gasteiger partial charge in [-0.1, -0.05) is 37.0 Å². The predicted molar refractivity (Wildman–Crippen MR) is 81.9 cm³/mol. The van der Waals surface area contributed by atoms with Gasteiger partial charge in [0, 0.05) is 16.5 Å². The summed E-state index contributed by atoms with van der Waals surface area (Å²) in [6, 6.07) is 5.44. The molecule has 0 aliphatic heterocycles. The van der Waals surface area contributed by atoms with Gasteiger partial charge >= 0.3 is 0 Å². The number of aliphatic hydroxyl groups excluding tert-OH is 1. The highest BCUT2D eigenvalue weighted by Gasteiger charge is 2.30. The predicted octanol–water partition coefficient (Wildman–Crippen LogP) is 5.11. The van der Waals surface area contributed by atoms with Gasteiger partial charge in [0.25, 0.3) is 0 Å². The maximum Gasteiger partial charge on any atom is 0.0609 e. The SMILES string of the molecule is CC1(C)CCC(C(O)Cc2cc(Cl)ccc2Cl)CC1. The lowest BCUT2D eigenvalue weighted by molar-refractivity contribution is 0.0576. The number of halogens is 2. The molecule has 1 fully saturated rings. The smallest absolute Gasteiger partial charge is 0.0609 e. The van der Waals surface area contributed by atoms with Crippen molar-refractivity contribution in [2.45, 2.75) is 52.1 Å². The molecule has 0 aromatic heterocycles. The number of hydrogen-bond donors (Lipinski definition) is 1. The second-order valence-electron chi connectivity index (χ2n) is 6.51. The Balaban J connectivity index is 1.98. The van der Waals surface area contributed by atoms with Gasteiger partial charge in [0.15, 0.2) is 0 Å². The summed E-state index contributed by atoms with van der Waals surface area (Å²) in [6.07, 6.45) is 4.88. The highest BCUT2D eigenvalue weighted by molar-refractivity contribution is 6.33. The maximum absolute atomic E-state index is 10.4. The number of benzene rings is 1. The monoisotopic (exact) mass is 300 g/mol. The van der Waals surface area contributed by atoms with Crippen molar-refractivity contribution in [1.82, 2.24) is 0 Å². The molecule has 1 unspecified atom stereocenters. The van der Waals surface area contributed by atoms with E-state index in [-0.39, 0.29) is 6.10 Å². The zero-order valence-corrected chi connectivity index (χ0v) is 13.1. The fraction of sp³-hybridized carbons (Fsp3) is 0.625. The van der Waals surface area contributed by atoms with Crippen molar-refractivity contribution in [1.29, 1.82) is 0 Å². The molecule has 1 atom stereocenters. The standard InChI is InChI=1S/C16H22Cl2O/c1-16(2)7-5-11(6-8-16)15(19)10-12-9-13(17)3-4-14(12)18/h3-4,9,11,15,19H,5-8,10H2,1-2H3. The molecule has 2 rings (SSSR count). The topological polar surface area (TPSA) is 20.2 Å². The third-order valence-electron chi connectivity index (χ3n) is 4.36. The maximum atomic E-state index is 10.4. The van der Waals surface area contributed by atoms with Crippen molar-refractivity contribution in [3.63, 3.8) is 0 Å². The average molecular weight is 301 g/mol. The van der Waals surface area contributed by atoms with Crippen LogP contribution in [0.25, 0.3) is 0 Å². The quantitative estimate of drug-likeness (QED) is 0.822. The normalized spacial score (nSPS) is 21.3. The van der Waals surface area contributed by atoms with E-state index in [1.165, 1.54) is 12.8 Å². The Labute approximate surface area is 125 Å². The van der Waals surface area contributed by atoms with Crippen molar-refractivity contribution < 1.29 is 5.11 Å². The van der Waals surface area contributed by atoms with Crippen molar-refractivity contribution in [3.8, 4) is 0 Å². The van der Waals surface area contributed by atoms with E-state index in [1.807, 2.05) is 6.07 Å². The molecule has 0 spiro atoms. The summed E-state index contributed by atoms with van der Waals surface area (Å²) < 4.78 is 0. The van der Waals surface area contributed by atoms with Gasteiger partial charge in [0.2, 0.25) is 0 Å². The van der Waals surface area contributed by atoms with E-state index < -0.39 is 0 Å². The van der Waals surface area contributed by atoms with Crippen LogP contribution in [0, 0.1) is 11.3 Å². The molecule has 1 saturated carbocycles. The minimum absolute atomic E-state index is 0.313. The second-order valence-corrected chi connectivity index (χ2v) is 7.35. The lowest BCUT2D eigenvalue weighted by Crippen LogP contribution is -2.30. The number of rotatable bonds is 3. The lowest BCUT2D eigenvalue weighted by atomic mass is 9.71. The van der Waals surface area contributed by atoms with Crippen LogP contribution in [-0.2, 0) is 6.42 Å². The van der Waals surface area contributed by atoms with Crippen LogP contribution in [0.2, 0.25) is 10.0 Å². The molecule has 1 aliphatic carbocycles. The Morgan fingerprint density at radius 1 is 1.26 bits per heavy atom. The van der Waals surface area contributed by atoms with E-state index in [9.17, 15) is 5.11 Å². The summed E-state index contributed by atoms with van der Waals surface area (Å²) in [7, 11) is 0. The van der Waals surface area contributed by atoms with Crippen LogP contribution in [0.5, 0.6) is 0 Å². The van der Waals surface area contributed by atoms with Crippen LogP contribution in [0.15, 0.2) is 18.2 Å². The van der Waals surface area contributed by atoms with E-state index in [2.05, 4.69) is 13.8 Å². The molecule has 0 bridgehead atoms. The van der Waals surface area contributed by atoms with Crippen molar-refractivity contribution >= 4 is 23.2 Å². The van der Waals surface area contributed by atoms with Crippen molar-refractivity contribution in [3.05, 3.63) is 33.8 Å². The summed E-state index contributed by atoms with van der Waals surface area (Å²) >= 11 is 12.1. The Bertz CT molecular complexity index is 432. The molecule has 1 aromatic carbocycles. The third kappa shape index (κ3) is 4.11. The second kappa shape index (κ2) is 6.03. The molecule has 1 aliphatic rings. The molecule has 0 amide bonds. The Kier molecular flexibility index (Phi) is 4.81. The molecular weight excluding hydrogens is 279 g/mol. The van der Waals surface area contributed by atoms with Gasteiger partial charge in [-0.3, -0.25) is 0 Å². The van der Waals surface area contributed by atoms with Gasteiger partial charge in [-0.05, 0) is 60.8 Å². The molecule has 1 nitrogen and oxygen atoms in total. The highest BCUT2D eigenvalue weighted by Crippen LogP contribution is 2.40. The first-order valence-electron chi connectivity index (χ1n) is 6.99. The van der Waals surface area contributed by atoms with Gasteiger partial charge < -0.3 is 5.11 Å². The van der Waals surface area contributed by atoms with Crippen LogP contribution in [0.1, 0.15) is 45.1 Å². The molecule has 19 heavy (non-hydrogen) atoms. The Morgan fingerprint density at radius 2 is 1.89 bits per heavy atom. The summed E-state index contributed by atoms with van der Waals surface area (Å²) in [5, 5.41) is 11.8. The van der Waals surface area contributed by atoms with Crippen molar-refractivity contribution in [2.75, 3.05) is 0 Å². The van der Waals surface area contributed by atoms with E-state index in [0.717, 1.165) is 18.4 Å². The summed E-state index contributed by atoms with van der Waals surface area (Å²) in [6.45, 7) is 4.62. The van der Waals surface area contributed by atoms with Crippen LogP contribution in [-0.4, -0.2) is 11.2 Å². The Morgan fingerprint density at radius 3 is 2.53 bits per heavy atom. The fourth-order valence-electron chi connectivity index (χ4n) is 2.90. The fourth-order valence-corrected chi connectivity index (χ4v) is 3.29. The van der Waals surface area contributed by atoms with E-state index in [0.29, 0.717) is 27.8 Å². The molecule has 0 heterocycles. The van der Waals surface area contributed by atoms with Crippen LogP contribution in [0.3, 0.4) is 0 Å². The van der Waals surface area contributed by atoms with Crippen LogP contribution < -0.4 is 0 Å². The Hall–Kier alpha value is -0.240. The number of hydrogen-bond acceptors (Lipinski definition) is 1. The molecule has 1 aromatic rings. The molecule has 0 saturated heterocycles. The average Bonchev–Trinajstić information content (AvgIpc) is 2.33. The highest BCUT2D eigenvalue weighted by atomic mass is 35.5. The van der Waals surface area contributed by atoms with Gasteiger partial charge in [0.1, 0.15) is 0 Å². The lowest BCUT2D eigenvalue weighted by Gasteiger charge is -2.36. The van der Waals surface area contributed by atoms with Crippen LogP contribution >= 0.6 is 23.2 Å². The summed E-state index contributed by atoms with van der Waals surface area (Å²) in [4.78, 5) is 0. The van der Waals surface area contributed by atoms with E-state index in [1.54, 1.807) is 12.1 Å². The molecule has 0 radical (unpaired) electrons. The largest absolute Gasteiger partial charge is 0.392 e. The van der Waals surface area contributed by atoms with Crippen molar-refractivity contribution in [2.24, 2.45) is 11.3 Å². The third-order valence-corrected chi connectivity index (χ3v) is 4.97. The van der Waals surface area contributed by atoms with Gasteiger partial charge in [-0.2, -0.15) is 0 Å². The minimum Gasteiger partial charge on any atom is -0.392 e. The molecular formula is C16H22Cl2O. The minimum atomic E-state index is -0.313. The van der Waals surface area contributed by atoms with Gasteiger partial charge in [-0.15, -0.1) is 0 Å². The van der Waals surface area contributed by atoms with E-state index in [4.69, 9.17) is 23.2 Å².